The molecule has 2 rings (SSSR count). The molecule has 2 fully saturated rings. The Balaban J connectivity index is 0.000000210. The Hall–Kier alpha value is -0.300. The van der Waals surface area contributed by atoms with Crippen molar-refractivity contribution in [3.63, 3.8) is 0 Å². The summed E-state index contributed by atoms with van der Waals surface area (Å²) in [6.07, 6.45) is 17.1. The number of allylic oxidation sites excluding steroid dienone is 1. The molecular formula is C20H38O. The van der Waals surface area contributed by atoms with Crippen molar-refractivity contribution in [2.24, 2.45) is 17.8 Å². The molecule has 124 valence electrons. The van der Waals surface area contributed by atoms with E-state index in [0.29, 0.717) is 0 Å². The van der Waals surface area contributed by atoms with E-state index in [1.807, 2.05) is 19.9 Å². The second kappa shape index (κ2) is 9.66. The van der Waals surface area contributed by atoms with Gasteiger partial charge in [0.25, 0.3) is 0 Å². The first-order valence-corrected chi connectivity index (χ1v) is 9.46. The summed E-state index contributed by atoms with van der Waals surface area (Å²) in [5.41, 5.74) is -0.546. The standard InChI is InChI=1S/C10H20O.C10H18/c1-4-7-8-9-10(11,5-2)6-3;1-8-4-2-5-9-6-3-7-10(8)9/h8-9,11H,4-7H2,1-3H3;8-10H,2-7H2,1H3. The van der Waals surface area contributed by atoms with E-state index in [2.05, 4.69) is 19.9 Å². The fraction of sp³-hybridized carbons (Fsp3) is 0.900. The number of rotatable bonds is 5. The Morgan fingerprint density at radius 3 is 2.14 bits per heavy atom. The highest BCUT2D eigenvalue weighted by molar-refractivity contribution is 4.99. The van der Waals surface area contributed by atoms with Crippen molar-refractivity contribution in [3.05, 3.63) is 12.2 Å². The maximum atomic E-state index is 9.77. The molecule has 0 aliphatic heterocycles. The van der Waals surface area contributed by atoms with Crippen molar-refractivity contribution in [1.82, 2.24) is 0 Å². The molecule has 0 bridgehead atoms. The first kappa shape index (κ1) is 18.7. The van der Waals surface area contributed by atoms with E-state index in [4.69, 9.17) is 0 Å². The second-order valence-electron chi connectivity index (χ2n) is 7.26. The fourth-order valence-corrected chi connectivity index (χ4v) is 4.04. The van der Waals surface area contributed by atoms with E-state index in [1.54, 1.807) is 19.3 Å². The van der Waals surface area contributed by atoms with Gasteiger partial charge >= 0.3 is 0 Å². The van der Waals surface area contributed by atoms with Gasteiger partial charge in [-0.05, 0) is 43.4 Å². The van der Waals surface area contributed by atoms with Gasteiger partial charge < -0.3 is 5.11 Å². The summed E-state index contributed by atoms with van der Waals surface area (Å²) in [4.78, 5) is 0. The summed E-state index contributed by atoms with van der Waals surface area (Å²) in [5, 5.41) is 9.77. The number of unbranched alkanes of at least 4 members (excludes halogenated alkanes) is 1. The van der Waals surface area contributed by atoms with Crippen LogP contribution in [0.15, 0.2) is 12.2 Å². The van der Waals surface area contributed by atoms with Crippen molar-refractivity contribution < 1.29 is 5.11 Å². The molecule has 2 aliphatic carbocycles. The van der Waals surface area contributed by atoms with Gasteiger partial charge in [0, 0.05) is 0 Å². The average Bonchev–Trinajstić information content (AvgIpc) is 2.98. The lowest BCUT2D eigenvalue weighted by molar-refractivity contribution is 0.0825. The van der Waals surface area contributed by atoms with Gasteiger partial charge in [0.05, 0.1) is 5.60 Å². The summed E-state index contributed by atoms with van der Waals surface area (Å²) in [6, 6.07) is 0. The Morgan fingerprint density at radius 1 is 1.00 bits per heavy atom. The minimum absolute atomic E-state index is 0.546. The van der Waals surface area contributed by atoms with E-state index < -0.39 is 5.60 Å². The molecule has 3 unspecified atom stereocenters. The minimum atomic E-state index is -0.546. The van der Waals surface area contributed by atoms with Crippen molar-refractivity contribution in [2.45, 2.75) is 97.5 Å². The second-order valence-corrected chi connectivity index (χ2v) is 7.26. The van der Waals surface area contributed by atoms with Gasteiger partial charge in [-0.2, -0.15) is 0 Å². The molecule has 2 saturated carbocycles. The van der Waals surface area contributed by atoms with Crippen molar-refractivity contribution in [2.75, 3.05) is 0 Å². The molecule has 0 aromatic rings. The number of fused-ring (bicyclic) bond motifs is 1. The largest absolute Gasteiger partial charge is 0.386 e. The molecule has 0 aromatic heterocycles. The molecule has 0 spiro atoms. The van der Waals surface area contributed by atoms with Crippen LogP contribution >= 0.6 is 0 Å². The summed E-state index contributed by atoms with van der Waals surface area (Å²) in [5.74, 6) is 3.33. The average molecular weight is 295 g/mol. The Morgan fingerprint density at radius 2 is 1.62 bits per heavy atom. The van der Waals surface area contributed by atoms with Gasteiger partial charge in [-0.1, -0.05) is 78.4 Å². The first-order valence-electron chi connectivity index (χ1n) is 9.46. The first-order chi connectivity index (χ1) is 10.1. The third-order valence-corrected chi connectivity index (χ3v) is 5.79. The molecule has 3 atom stereocenters. The molecule has 0 saturated heterocycles. The van der Waals surface area contributed by atoms with Gasteiger partial charge in [0.1, 0.15) is 0 Å². The lowest BCUT2D eigenvalue weighted by Gasteiger charge is -2.31. The molecule has 0 aromatic carbocycles. The summed E-state index contributed by atoms with van der Waals surface area (Å²) < 4.78 is 0. The van der Waals surface area contributed by atoms with E-state index in [9.17, 15) is 5.11 Å². The maximum Gasteiger partial charge on any atom is 0.0822 e. The monoisotopic (exact) mass is 294 g/mol. The van der Waals surface area contributed by atoms with Crippen LogP contribution in [0.5, 0.6) is 0 Å². The van der Waals surface area contributed by atoms with Crippen LogP contribution in [0.1, 0.15) is 91.9 Å². The van der Waals surface area contributed by atoms with E-state index >= 15 is 0 Å². The molecule has 1 nitrogen and oxygen atoms in total. The van der Waals surface area contributed by atoms with E-state index in [-0.39, 0.29) is 0 Å². The third-order valence-electron chi connectivity index (χ3n) is 5.79. The van der Waals surface area contributed by atoms with E-state index in [1.165, 1.54) is 19.3 Å². The highest BCUT2D eigenvalue weighted by atomic mass is 16.3. The summed E-state index contributed by atoms with van der Waals surface area (Å²) >= 11 is 0. The predicted octanol–water partition coefficient (Wildman–Crippen LogP) is 6.12. The molecular weight excluding hydrogens is 256 g/mol. The number of aliphatic hydroxyl groups is 1. The van der Waals surface area contributed by atoms with Gasteiger partial charge in [-0.3, -0.25) is 0 Å². The van der Waals surface area contributed by atoms with Crippen molar-refractivity contribution in [3.8, 4) is 0 Å². The number of hydrogen-bond acceptors (Lipinski definition) is 1. The highest BCUT2D eigenvalue weighted by Gasteiger charge is 2.33. The highest BCUT2D eigenvalue weighted by Crippen LogP contribution is 2.44. The van der Waals surface area contributed by atoms with Crippen LogP contribution in [0.2, 0.25) is 0 Å². The molecule has 21 heavy (non-hydrogen) atoms. The van der Waals surface area contributed by atoms with E-state index in [0.717, 1.165) is 43.4 Å². The molecule has 1 N–H and O–H groups in total. The van der Waals surface area contributed by atoms with Crippen LogP contribution in [0.3, 0.4) is 0 Å². The van der Waals surface area contributed by atoms with Gasteiger partial charge in [-0.25, -0.2) is 0 Å². The Kier molecular flexibility index (Phi) is 8.63. The molecule has 0 heterocycles. The fourth-order valence-electron chi connectivity index (χ4n) is 4.04. The SMILES string of the molecule is CC1CCCC2CCCC12.CCCC=CC(O)(CC)CC. The maximum absolute atomic E-state index is 9.77. The number of hydrogen-bond donors (Lipinski definition) is 1. The van der Waals surface area contributed by atoms with Crippen molar-refractivity contribution >= 4 is 0 Å². The Labute approximate surface area is 133 Å². The van der Waals surface area contributed by atoms with Crippen LogP contribution in [-0.2, 0) is 0 Å². The zero-order valence-electron chi connectivity index (χ0n) is 14.9. The normalized spacial score (nSPS) is 29.1. The summed E-state index contributed by atoms with van der Waals surface area (Å²) in [6.45, 7) is 8.63. The smallest absolute Gasteiger partial charge is 0.0822 e. The molecule has 0 amide bonds. The molecule has 0 radical (unpaired) electrons. The van der Waals surface area contributed by atoms with Gasteiger partial charge in [-0.15, -0.1) is 0 Å². The lowest BCUT2D eigenvalue weighted by atomic mass is 9.75. The van der Waals surface area contributed by atoms with Crippen LogP contribution in [0.25, 0.3) is 0 Å². The zero-order valence-corrected chi connectivity index (χ0v) is 14.9. The lowest BCUT2D eigenvalue weighted by Crippen LogP contribution is -2.22. The van der Waals surface area contributed by atoms with Crippen LogP contribution in [0.4, 0.5) is 0 Å². The van der Waals surface area contributed by atoms with Crippen molar-refractivity contribution in [1.29, 1.82) is 0 Å². The quantitative estimate of drug-likeness (QED) is 0.606. The topological polar surface area (TPSA) is 20.2 Å². The zero-order chi connectivity index (χ0) is 15.7. The van der Waals surface area contributed by atoms with Gasteiger partial charge in [0.15, 0.2) is 0 Å². The van der Waals surface area contributed by atoms with Gasteiger partial charge in [0.2, 0.25) is 0 Å². The predicted molar refractivity (Wildman–Crippen MR) is 93.4 cm³/mol. The molecule has 1 heteroatoms. The summed E-state index contributed by atoms with van der Waals surface area (Å²) in [7, 11) is 0. The molecule has 2 aliphatic rings. The Bertz CT molecular complexity index is 290. The van der Waals surface area contributed by atoms with Crippen LogP contribution < -0.4 is 0 Å². The third kappa shape index (κ3) is 6.14. The van der Waals surface area contributed by atoms with Crippen LogP contribution in [-0.4, -0.2) is 10.7 Å². The minimum Gasteiger partial charge on any atom is -0.386 e. The van der Waals surface area contributed by atoms with Crippen LogP contribution in [0, 0.1) is 17.8 Å².